The summed E-state index contributed by atoms with van der Waals surface area (Å²) >= 11 is 1.61. The molecule has 2 rings (SSSR count). The summed E-state index contributed by atoms with van der Waals surface area (Å²) in [5.74, 6) is 0. The fourth-order valence-corrected chi connectivity index (χ4v) is 2.81. The van der Waals surface area contributed by atoms with Crippen LogP contribution in [0.25, 0.3) is 0 Å². The molecule has 0 atom stereocenters. The van der Waals surface area contributed by atoms with E-state index in [9.17, 15) is 8.42 Å². The molecular formula is C13H15NO3S2. The zero-order valence-electron chi connectivity index (χ0n) is 10.7. The van der Waals surface area contributed by atoms with E-state index < -0.39 is 10.1 Å². The second-order valence-electron chi connectivity index (χ2n) is 4.21. The molecule has 6 heteroatoms. The van der Waals surface area contributed by atoms with E-state index in [1.54, 1.807) is 18.0 Å². The zero-order chi connectivity index (χ0) is 13.9. The Balaban J connectivity index is 2.04. The lowest BCUT2D eigenvalue weighted by Crippen LogP contribution is -2.01. The Bertz CT molecular complexity index is 662. The quantitative estimate of drug-likeness (QED) is 0.862. The van der Waals surface area contributed by atoms with Crippen molar-refractivity contribution in [3.05, 3.63) is 47.7 Å². The fourth-order valence-electron chi connectivity index (χ4n) is 1.52. The topological polar surface area (TPSA) is 59.2 Å². The van der Waals surface area contributed by atoms with Gasteiger partial charge in [-0.15, -0.1) is 0 Å². The highest BCUT2D eigenvalue weighted by Crippen LogP contribution is 2.29. The summed E-state index contributed by atoms with van der Waals surface area (Å²) in [6, 6.07) is 9.99. The first kappa shape index (κ1) is 14.2. The molecule has 0 spiro atoms. The van der Waals surface area contributed by atoms with Crippen LogP contribution in [0.15, 0.2) is 46.5 Å². The van der Waals surface area contributed by atoms with Crippen molar-refractivity contribution < 1.29 is 12.6 Å². The summed E-state index contributed by atoms with van der Waals surface area (Å²) in [5, 5.41) is 0.960. The number of nitrogens with one attached hydrogen (secondary N) is 1. The van der Waals surface area contributed by atoms with Gasteiger partial charge in [0, 0.05) is 11.1 Å². The Hall–Kier alpha value is -1.24. The molecule has 0 aliphatic carbocycles. The third-order valence-electron chi connectivity index (χ3n) is 2.47. The van der Waals surface area contributed by atoms with Crippen LogP contribution in [0, 0.1) is 6.92 Å². The molecule has 1 aromatic carbocycles. The minimum Gasteiger partial charge on any atom is -0.356 e. The first-order valence-corrected chi connectivity index (χ1v) is 8.32. The van der Waals surface area contributed by atoms with Crippen LogP contribution < -0.4 is 0 Å². The Kier molecular flexibility index (Phi) is 4.34. The standard InChI is InChI=1S/C13H15NO3S2/c1-10-5-3-4-6-12(10)18-13-7-11(8-14-13)9-17-19(2,15)16/h3-8,14H,9H2,1-2H3. The average molecular weight is 297 g/mol. The van der Waals surface area contributed by atoms with E-state index in [4.69, 9.17) is 4.18 Å². The number of H-pyrrole nitrogens is 1. The lowest BCUT2D eigenvalue weighted by molar-refractivity contribution is 0.312. The smallest absolute Gasteiger partial charge is 0.264 e. The van der Waals surface area contributed by atoms with E-state index in [-0.39, 0.29) is 6.61 Å². The number of aryl methyl sites for hydroxylation is 1. The predicted molar refractivity (Wildman–Crippen MR) is 75.7 cm³/mol. The summed E-state index contributed by atoms with van der Waals surface area (Å²) in [4.78, 5) is 4.27. The van der Waals surface area contributed by atoms with Crippen LogP contribution in [0.2, 0.25) is 0 Å². The minimum absolute atomic E-state index is 0.0592. The number of hydrogen-bond donors (Lipinski definition) is 1. The van der Waals surface area contributed by atoms with Gasteiger partial charge in [-0.05, 0) is 30.2 Å². The van der Waals surface area contributed by atoms with Gasteiger partial charge in [-0.1, -0.05) is 30.0 Å². The summed E-state index contributed by atoms with van der Waals surface area (Å²) in [7, 11) is -3.40. The first-order valence-electron chi connectivity index (χ1n) is 5.69. The maximum atomic E-state index is 10.9. The summed E-state index contributed by atoms with van der Waals surface area (Å²) in [6.07, 6.45) is 2.80. The van der Waals surface area contributed by atoms with Crippen molar-refractivity contribution in [1.29, 1.82) is 0 Å². The molecule has 0 bridgehead atoms. The molecular weight excluding hydrogens is 282 g/mol. The Morgan fingerprint density at radius 2 is 2.05 bits per heavy atom. The van der Waals surface area contributed by atoms with Crippen LogP contribution in [0.5, 0.6) is 0 Å². The van der Waals surface area contributed by atoms with E-state index >= 15 is 0 Å². The second-order valence-corrected chi connectivity index (χ2v) is 6.93. The molecule has 2 aromatic rings. The van der Waals surface area contributed by atoms with Crippen molar-refractivity contribution in [2.24, 2.45) is 0 Å². The van der Waals surface area contributed by atoms with Gasteiger partial charge in [-0.25, -0.2) is 0 Å². The van der Waals surface area contributed by atoms with Crippen molar-refractivity contribution in [2.45, 2.75) is 23.5 Å². The maximum absolute atomic E-state index is 10.9. The minimum atomic E-state index is -3.40. The second kappa shape index (κ2) is 5.81. The van der Waals surface area contributed by atoms with Gasteiger partial charge in [0.25, 0.3) is 10.1 Å². The predicted octanol–water partition coefficient (Wildman–Crippen LogP) is 2.95. The lowest BCUT2D eigenvalue weighted by Gasteiger charge is -2.02. The molecule has 0 unspecified atom stereocenters. The van der Waals surface area contributed by atoms with Gasteiger partial charge in [-0.3, -0.25) is 4.18 Å². The van der Waals surface area contributed by atoms with E-state index in [0.29, 0.717) is 0 Å². The van der Waals surface area contributed by atoms with Crippen molar-refractivity contribution >= 4 is 21.9 Å². The van der Waals surface area contributed by atoms with Crippen LogP contribution in [-0.2, 0) is 20.9 Å². The molecule has 1 N–H and O–H groups in total. The number of rotatable bonds is 5. The van der Waals surface area contributed by atoms with Gasteiger partial charge in [-0.2, -0.15) is 8.42 Å². The van der Waals surface area contributed by atoms with Crippen molar-refractivity contribution in [1.82, 2.24) is 4.98 Å². The Labute approximate surface area is 117 Å². The Morgan fingerprint density at radius 3 is 2.74 bits per heavy atom. The summed E-state index contributed by atoms with van der Waals surface area (Å²) in [5.41, 5.74) is 2.01. The van der Waals surface area contributed by atoms with Crippen LogP contribution in [0.4, 0.5) is 0 Å². The third-order valence-corrected chi connectivity index (χ3v) is 4.15. The largest absolute Gasteiger partial charge is 0.356 e. The molecule has 0 fully saturated rings. The SMILES string of the molecule is Cc1ccccc1Sc1cc(COS(C)(=O)=O)c[nH]1. The summed E-state index contributed by atoms with van der Waals surface area (Å²) in [6.45, 7) is 2.11. The zero-order valence-corrected chi connectivity index (χ0v) is 12.3. The van der Waals surface area contributed by atoms with E-state index in [2.05, 4.69) is 18.0 Å². The van der Waals surface area contributed by atoms with Crippen LogP contribution in [0.3, 0.4) is 0 Å². The third kappa shape index (κ3) is 4.41. The highest BCUT2D eigenvalue weighted by atomic mass is 32.2. The summed E-state index contributed by atoms with van der Waals surface area (Å²) < 4.78 is 26.6. The molecule has 0 saturated carbocycles. The molecule has 4 nitrogen and oxygen atoms in total. The van der Waals surface area contributed by atoms with Crippen molar-refractivity contribution in [2.75, 3.05) is 6.26 Å². The molecule has 0 aliphatic rings. The molecule has 1 aromatic heterocycles. The van der Waals surface area contributed by atoms with Gasteiger partial charge >= 0.3 is 0 Å². The first-order chi connectivity index (χ1) is 8.94. The molecule has 0 amide bonds. The molecule has 19 heavy (non-hydrogen) atoms. The highest BCUT2D eigenvalue weighted by Gasteiger charge is 2.06. The number of hydrogen-bond acceptors (Lipinski definition) is 4. The van der Waals surface area contributed by atoms with Gasteiger partial charge in [0.1, 0.15) is 0 Å². The van der Waals surface area contributed by atoms with Crippen LogP contribution >= 0.6 is 11.8 Å². The lowest BCUT2D eigenvalue weighted by atomic mass is 10.2. The number of aromatic amines is 1. The maximum Gasteiger partial charge on any atom is 0.264 e. The average Bonchev–Trinajstić information content (AvgIpc) is 2.77. The highest BCUT2D eigenvalue weighted by molar-refractivity contribution is 7.99. The van der Waals surface area contributed by atoms with E-state index in [0.717, 1.165) is 16.8 Å². The van der Waals surface area contributed by atoms with Crippen LogP contribution in [0.1, 0.15) is 11.1 Å². The Morgan fingerprint density at radius 1 is 1.32 bits per heavy atom. The number of aromatic nitrogens is 1. The van der Waals surface area contributed by atoms with Crippen molar-refractivity contribution in [3.63, 3.8) is 0 Å². The number of benzene rings is 1. The van der Waals surface area contributed by atoms with Gasteiger partial charge in [0.15, 0.2) is 0 Å². The molecule has 0 aliphatic heterocycles. The van der Waals surface area contributed by atoms with Gasteiger partial charge in [0.05, 0.1) is 17.9 Å². The fraction of sp³-hybridized carbons (Fsp3) is 0.231. The van der Waals surface area contributed by atoms with Gasteiger partial charge in [0.2, 0.25) is 0 Å². The molecule has 1 heterocycles. The molecule has 102 valence electrons. The normalized spacial score (nSPS) is 11.7. The van der Waals surface area contributed by atoms with E-state index in [1.165, 1.54) is 10.5 Å². The van der Waals surface area contributed by atoms with Crippen molar-refractivity contribution in [3.8, 4) is 0 Å². The molecule has 0 radical (unpaired) electrons. The monoisotopic (exact) mass is 297 g/mol. The molecule has 0 saturated heterocycles. The van der Waals surface area contributed by atoms with E-state index in [1.807, 2.05) is 24.3 Å². The van der Waals surface area contributed by atoms with Gasteiger partial charge < -0.3 is 4.98 Å². The van der Waals surface area contributed by atoms with Crippen LogP contribution in [-0.4, -0.2) is 19.7 Å².